The van der Waals surface area contributed by atoms with Gasteiger partial charge in [-0.15, -0.1) is 0 Å². The molecule has 0 bridgehead atoms. The van der Waals surface area contributed by atoms with Crippen LogP contribution in [0.25, 0.3) is 23.3 Å². The normalized spacial score (nSPS) is 12.1. The summed E-state index contributed by atoms with van der Waals surface area (Å²) in [6, 6.07) is 17.3. The number of amides is 2. The zero-order valence-electron chi connectivity index (χ0n) is 26.5. The van der Waals surface area contributed by atoms with Gasteiger partial charge < -0.3 is 15.1 Å². The predicted octanol–water partition coefficient (Wildman–Crippen LogP) is 8.54. The molecule has 50 heavy (non-hydrogen) atoms. The molecule has 10 nitrogen and oxygen atoms in total. The minimum Gasteiger partial charge on any atom is -0.465 e. The largest absolute Gasteiger partial charge is 0.465 e. The maximum Gasteiger partial charge on any atom is 0.278 e. The smallest absolute Gasteiger partial charge is 0.278 e. The van der Waals surface area contributed by atoms with Crippen LogP contribution in [0, 0.1) is 51.3 Å². The van der Waals surface area contributed by atoms with Gasteiger partial charge in [0.05, 0.1) is 33.1 Å². The van der Waals surface area contributed by atoms with Gasteiger partial charge in [0.2, 0.25) is 0 Å². The number of nitro benzene ring substituents is 1. The first-order valence-corrected chi connectivity index (χ1v) is 15.7. The quantitative estimate of drug-likeness (QED) is 0.0488. The van der Waals surface area contributed by atoms with Gasteiger partial charge >= 0.3 is 0 Å². The fourth-order valence-corrected chi connectivity index (χ4v) is 5.47. The first kappa shape index (κ1) is 37.0. The van der Waals surface area contributed by atoms with Gasteiger partial charge in [-0.1, -0.05) is 60.8 Å². The van der Waals surface area contributed by atoms with Crippen LogP contribution in [0.15, 0.2) is 76.2 Å². The van der Waals surface area contributed by atoms with Gasteiger partial charge in [0, 0.05) is 17.2 Å². The number of nitro groups is 1. The van der Waals surface area contributed by atoms with E-state index in [-0.39, 0.29) is 33.9 Å². The molecule has 0 radical (unpaired) electrons. The van der Waals surface area contributed by atoms with Gasteiger partial charge in [0.25, 0.3) is 17.5 Å². The highest BCUT2D eigenvalue weighted by atomic mass is 35.5. The summed E-state index contributed by atoms with van der Waals surface area (Å²) in [5.41, 5.74) is -1.44. The van der Waals surface area contributed by atoms with Gasteiger partial charge in [0.1, 0.15) is 40.6 Å². The number of nitriles is 2. The second kappa shape index (κ2) is 16.5. The molecule has 1 heterocycles. The Labute approximate surface area is 295 Å². The Hall–Kier alpha value is -5.82. The lowest BCUT2D eigenvalue weighted by Gasteiger charge is -2.20. The third kappa shape index (κ3) is 8.60. The summed E-state index contributed by atoms with van der Waals surface area (Å²) in [6.45, 7) is 3.53. The molecule has 14 heteroatoms. The van der Waals surface area contributed by atoms with E-state index < -0.39 is 56.1 Å². The second-order valence-corrected chi connectivity index (χ2v) is 11.6. The number of benzene rings is 3. The summed E-state index contributed by atoms with van der Waals surface area (Å²) in [5.74, 6) is -2.96. The number of hydrogen-bond donors (Lipinski definition) is 2. The Bertz CT molecular complexity index is 2130. The number of halogens is 4. The van der Waals surface area contributed by atoms with Crippen molar-refractivity contribution < 1.29 is 27.7 Å². The van der Waals surface area contributed by atoms with Crippen molar-refractivity contribution in [3.8, 4) is 23.3 Å². The van der Waals surface area contributed by atoms with Crippen LogP contribution in [0.4, 0.5) is 14.5 Å². The molecular formula is C36H27Cl2F2N5O5. The van der Waals surface area contributed by atoms with Gasteiger partial charge in [-0.25, -0.2) is 8.78 Å². The molecule has 0 saturated heterocycles. The third-order valence-corrected chi connectivity index (χ3v) is 8.13. The first-order chi connectivity index (χ1) is 23.9. The molecule has 4 aromatic rings. The van der Waals surface area contributed by atoms with E-state index in [1.165, 1.54) is 18.2 Å². The topological polar surface area (TPSA) is 162 Å². The minimum atomic E-state index is -1.20. The number of nitrogens with zero attached hydrogens (tertiary/aromatic N) is 3. The molecule has 0 spiro atoms. The highest BCUT2D eigenvalue weighted by Gasteiger charge is 2.23. The van der Waals surface area contributed by atoms with E-state index in [2.05, 4.69) is 10.6 Å². The van der Waals surface area contributed by atoms with E-state index in [4.69, 9.17) is 27.6 Å². The lowest BCUT2D eigenvalue weighted by molar-refractivity contribution is -0.385. The SMILES string of the molecule is CCC[C@H](NC(=O)/C(C#N)=C/c1c(Cl)cccc1[N+](=O)[O-])c1cccc(-c2cc(F)c(/C=C(\C#N)C(=O)NCc3ccc(C)o3)c(F)c2Cl)c1. The molecule has 0 unspecified atom stereocenters. The van der Waals surface area contributed by atoms with E-state index >= 15 is 8.78 Å². The molecule has 0 fully saturated rings. The summed E-state index contributed by atoms with van der Waals surface area (Å²) in [4.78, 5) is 36.6. The monoisotopic (exact) mass is 717 g/mol. The van der Waals surface area contributed by atoms with Crippen molar-refractivity contribution in [1.29, 1.82) is 10.5 Å². The van der Waals surface area contributed by atoms with Crippen LogP contribution in [0.3, 0.4) is 0 Å². The lowest BCUT2D eigenvalue weighted by Crippen LogP contribution is -2.29. The molecule has 4 rings (SSSR count). The van der Waals surface area contributed by atoms with Gasteiger partial charge in [-0.2, -0.15) is 10.5 Å². The van der Waals surface area contributed by atoms with Crippen molar-refractivity contribution in [3.63, 3.8) is 0 Å². The Morgan fingerprint density at radius 1 is 1.00 bits per heavy atom. The number of rotatable bonds is 12. The van der Waals surface area contributed by atoms with Gasteiger partial charge in [-0.3, -0.25) is 19.7 Å². The molecule has 0 saturated carbocycles. The zero-order chi connectivity index (χ0) is 36.5. The van der Waals surface area contributed by atoms with Crippen LogP contribution >= 0.6 is 23.2 Å². The standard InChI is InChI=1S/C36H27Cl2F2N5O5/c1-3-6-31(44-36(47)24(18-42)14-27-29(37)9-5-10-32(27)45(48)49)22-8-4-7-21(13-22)26-16-30(39)28(34(40)33(26)38)15-23(17-41)35(46)43-19-25-12-11-20(2)50-25/h4-5,7-16,31H,3,6,19H2,1-2H3,(H,43,46)(H,44,47)/b23-15+,24-14+/t31-/m0/s1. The van der Waals surface area contributed by atoms with Crippen LogP contribution in [-0.4, -0.2) is 16.7 Å². The van der Waals surface area contributed by atoms with Crippen LogP contribution < -0.4 is 10.6 Å². The van der Waals surface area contributed by atoms with Crippen molar-refractivity contribution in [2.24, 2.45) is 0 Å². The molecule has 3 aromatic carbocycles. The number of nitrogens with one attached hydrogen (secondary N) is 2. The van der Waals surface area contributed by atoms with Crippen LogP contribution in [0.1, 0.15) is 54.0 Å². The van der Waals surface area contributed by atoms with Crippen molar-refractivity contribution in [2.75, 3.05) is 0 Å². The molecule has 1 aromatic heterocycles. The van der Waals surface area contributed by atoms with Crippen LogP contribution in [-0.2, 0) is 16.1 Å². The minimum absolute atomic E-state index is 0.0253. The van der Waals surface area contributed by atoms with E-state index in [0.29, 0.717) is 29.9 Å². The Balaban J connectivity index is 1.63. The lowest BCUT2D eigenvalue weighted by atomic mass is 9.95. The highest BCUT2D eigenvalue weighted by molar-refractivity contribution is 6.33. The average Bonchev–Trinajstić information content (AvgIpc) is 3.52. The van der Waals surface area contributed by atoms with Crippen LogP contribution in [0.5, 0.6) is 0 Å². The Morgan fingerprint density at radius 3 is 2.32 bits per heavy atom. The molecule has 1 atom stereocenters. The van der Waals surface area contributed by atoms with Crippen molar-refractivity contribution in [2.45, 2.75) is 39.3 Å². The molecular weight excluding hydrogens is 691 g/mol. The molecule has 2 amide bonds. The van der Waals surface area contributed by atoms with Crippen molar-refractivity contribution >= 4 is 52.9 Å². The fraction of sp³-hybridized carbons (Fsp3) is 0.167. The van der Waals surface area contributed by atoms with Gasteiger partial charge in [-0.05, 0) is 67.0 Å². The highest BCUT2D eigenvalue weighted by Crippen LogP contribution is 2.36. The number of carbonyl (C=O) groups excluding carboxylic acids is 2. The van der Waals surface area contributed by atoms with Crippen LogP contribution in [0.2, 0.25) is 10.0 Å². The Kier molecular flexibility index (Phi) is 12.2. The van der Waals surface area contributed by atoms with E-state index in [9.17, 15) is 30.2 Å². The molecule has 0 aliphatic heterocycles. The second-order valence-electron chi connectivity index (χ2n) is 10.9. The summed E-state index contributed by atoms with van der Waals surface area (Å²) >= 11 is 12.5. The first-order valence-electron chi connectivity index (χ1n) is 15.0. The summed E-state index contributed by atoms with van der Waals surface area (Å²) in [7, 11) is 0. The molecule has 0 aliphatic carbocycles. The van der Waals surface area contributed by atoms with Crippen molar-refractivity contribution in [3.05, 3.63) is 132 Å². The van der Waals surface area contributed by atoms with E-state index in [1.807, 2.05) is 6.92 Å². The summed E-state index contributed by atoms with van der Waals surface area (Å²) in [5, 5.41) is 35.5. The van der Waals surface area contributed by atoms with E-state index in [1.54, 1.807) is 55.5 Å². The number of hydrogen-bond acceptors (Lipinski definition) is 7. The zero-order valence-corrected chi connectivity index (χ0v) is 28.0. The van der Waals surface area contributed by atoms with Crippen molar-refractivity contribution in [1.82, 2.24) is 10.6 Å². The number of furan rings is 1. The maximum atomic E-state index is 15.6. The molecule has 2 N–H and O–H groups in total. The average molecular weight is 719 g/mol. The molecule has 254 valence electrons. The number of carbonyl (C=O) groups is 2. The third-order valence-electron chi connectivity index (χ3n) is 7.43. The molecule has 0 aliphatic rings. The fourth-order valence-electron chi connectivity index (χ4n) is 4.98. The van der Waals surface area contributed by atoms with E-state index in [0.717, 1.165) is 18.2 Å². The maximum absolute atomic E-state index is 15.6. The Morgan fingerprint density at radius 2 is 1.68 bits per heavy atom. The van der Waals surface area contributed by atoms with Gasteiger partial charge in [0.15, 0.2) is 5.82 Å². The number of aryl methyl sites for hydroxylation is 1. The summed E-state index contributed by atoms with van der Waals surface area (Å²) in [6.07, 6.45) is 2.78. The predicted molar refractivity (Wildman–Crippen MR) is 183 cm³/mol. The summed E-state index contributed by atoms with van der Waals surface area (Å²) < 4.78 is 36.3.